The number of hydrogen-bond donors (Lipinski definition) is 3. The van der Waals surface area contributed by atoms with E-state index in [1.54, 1.807) is 6.33 Å². The number of aromatic nitrogens is 2. The molecule has 0 spiro atoms. The van der Waals surface area contributed by atoms with Crippen molar-refractivity contribution in [3.63, 3.8) is 0 Å². The molecule has 6 nitrogen and oxygen atoms in total. The van der Waals surface area contributed by atoms with E-state index in [9.17, 15) is 0 Å². The summed E-state index contributed by atoms with van der Waals surface area (Å²) >= 11 is 0. The molecule has 2 aliphatic rings. The van der Waals surface area contributed by atoms with E-state index in [2.05, 4.69) is 27.6 Å². The molecule has 0 saturated carbocycles. The molecule has 3 unspecified atom stereocenters. The molecular weight excluding hydrogens is 242 g/mol. The number of rotatable bonds is 5. The van der Waals surface area contributed by atoms with Gasteiger partial charge in [-0.1, -0.05) is 13.3 Å². The summed E-state index contributed by atoms with van der Waals surface area (Å²) in [7, 11) is 0. The lowest BCUT2D eigenvalue weighted by Crippen LogP contribution is -2.31. The van der Waals surface area contributed by atoms with Crippen LogP contribution in [0, 0.1) is 0 Å². The Kier molecular flexibility index (Phi) is 3.52. The summed E-state index contributed by atoms with van der Waals surface area (Å²) in [6, 6.07) is 0.370. The van der Waals surface area contributed by atoms with Crippen molar-refractivity contribution >= 4 is 11.6 Å². The number of anilines is 2. The first-order valence-electron chi connectivity index (χ1n) is 7.04. The molecule has 0 radical (unpaired) electrons. The Bertz CT molecular complexity index is 453. The van der Waals surface area contributed by atoms with Gasteiger partial charge in [0.25, 0.3) is 0 Å². The lowest BCUT2D eigenvalue weighted by Gasteiger charge is -2.22. The SMILES string of the molecule is CCCc1c(NN)ncnc1NC1CC2CCC1O2. The Labute approximate surface area is 113 Å². The van der Waals surface area contributed by atoms with Gasteiger partial charge in [-0.15, -0.1) is 0 Å². The molecule has 4 N–H and O–H groups in total. The van der Waals surface area contributed by atoms with Gasteiger partial charge in [0.15, 0.2) is 0 Å². The maximum absolute atomic E-state index is 5.87. The molecular formula is C13H21N5O. The van der Waals surface area contributed by atoms with Crippen molar-refractivity contribution in [2.45, 2.75) is 57.3 Å². The third-order valence-corrected chi connectivity index (χ3v) is 4.01. The molecule has 2 bridgehead atoms. The van der Waals surface area contributed by atoms with E-state index in [-0.39, 0.29) is 0 Å². The third-order valence-electron chi connectivity index (χ3n) is 4.01. The van der Waals surface area contributed by atoms with Crippen LogP contribution in [0.1, 0.15) is 38.2 Å². The standard InChI is InChI=1S/C13H21N5O/c1-2-3-9-12(15-7-16-13(9)18-14)17-10-6-8-4-5-11(10)19-8/h7-8,10-11H,2-6,14H2,1H3,(H2,15,16,17,18). The molecule has 2 fully saturated rings. The van der Waals surface area contributed by atoms with Gasteiger partial charge in [0, 0.05) is 5.56 Å². The van der Waals surface area contributed by atoms with Crippen LogP contribution in [0.5, 0.6) is 0 Å². The van der Waals surface area contributed by atoms with E-state index in [0.717, 1.165) is 37.1 Å². The molecule has 1 aromatic rings. The maximum atomic E-state index is 5.87. The van der Waals surface area contributed by atoms with Crippen molar-refractivity contribution in [1.82, 2.24) is 9.97 Å². The van der Waals surface area contributed by atoms with E-state index < -0.39 is 0 Å². The Morgan fingerprint density at radius 2 is 2.21 bits per heavy atom. The smallest absolute Gasteiger partial charge is 0.148 e. The zero-order valence-electron chi connectivity index (χ0n) is 11.2. The lowest BCUT2D eigenvalue weighted by molar-refractivity contribution is 0.102. The zero-order chi connectivity index (χ0) is 13.2. The highest BCUT2D eigenvalue weighted by Gasteiger charge is 2.41. The average Bonchev–Trinajstić information content (AvgIpc) is 3.03. The third kappa shape index (κ3) is 2.37. The molecule has 104 valence electrons. The summed E-state index contributed by atoms with van der Waals surface area (Å²) in [5, 5.41) is 3.53. The van der Waals surface area contributed by atoms with Crippen LogP contribution in [-0.2, 0) is 11.2 Å². The number of nitrogens with two attached hydrogens (primary N) is 1. The molecule has 3 heterocycles. The molecule has 6 heteroatoms. The van der Waals surface area contributed by atoms with Crippen LogP contribution < -0.4 is 16.6 Å². The molecule has 19 heavy (non-hydrogen) atoms. The number of hydrazine groups is 1. The molecule has 0 aliphatic carbocycles. The van der Waals surface area contributed by atoms with E-state index >= 15 is 0 Å². The summed E-state index contributed by atoms with van der Waals surface area (Å²) in [6.45, 7) is 2.14. The van der Waals surface area contributed by atoms with Crippen LogP contribution in [0.25, 0.3) is 0 Å². The van der Waals surface area contributed by atoms with Crippen LogP contribution >= 0.6 is 0 Å². The van der Waals surface area contributed by atoms with Crippen LogP contribution in [0.15, 0.2) is 6.33 Å². The number of nitrogens with one attached hydrogen (secondary N) is 2. The van der Waals surface area contributed by atoms with Gasteiger partial charge < -0.3 is 15.5 Å². The molecule has 2 saturated heterocycles. The summed E-state index contributed by atoms with van der Waals surface area (Å²) < 4.78 is 5.87. The number of nitrogens with zero attached hydrogens (tertiary/aromatic N) is 2. The van der Waals surface area contributed by atoms with Gasteiger partial charge in [-0.05, 0) is 25.7 Å². The summed E-state index contributed by atoms with van der Waals surface area (Å²) in [5.74, 6) is 7.13. The summed E-state index contributed by atoms with van der Waals surface area (Å²) in [4.78, 5) is 8.56. The van der Waals surface area contributed by atoms with Crippen molar-refractivity contribution in [3.8, 4) is 0 Å². The highest BCUT2D eigenvalue weighted by atomic mass is 16.5. The minimum absolute atomic E-state index is 0.337. The first-order chi connectivity index (χ1) is 9.31. The molecule has 1 aromatic heterocycles. The fourth-order valence-electron chi connectivity index (χ4n) is 3.11. The minimum atomic E-state index is 0.337. The summed E-state index contributed by atoms with van der Waals surface area (Å²) in [6.07, 6.45) is 7.68. The van der Waals surface area contributed by atoms with Gasteiger partial charge in [0.2, 0.25) is 0 Å². The Hall–Kier alpha value is -1.40. The predicted molar refractivity (Wildman–Crippen MR) is 73.8 cm³/mol. The highest BCUT2D eigenvalue weighted by molar-refractivity contribution is 5.57. The summed E-state index contributed by atoms with van der Waals surface area (Å²) in [5.41, 5.74) is 3.72. The average molecular weight is 263 g/mol. The number of hydrogen-bond acceptors (Lipinski definition) is 6. The molecule has 3 atom stereocenters. The lowest BCUT2D eigenvalue weighted by atomic mass is 9.95. The normalized spacial score (nSPS) is 28.6. The van der Waals surface area contributed by atoms with Crippen molar-refractivity contribution in [1.29, 1.82) is 0 Å². The fourth-order valence-corrected chi connectivity index (χ4v) is 3.11. The quantitative estimate of drug-likeness (QED) is 0.550. The second-order valence-corrected chi connectivity index (χ2v) is 5.30. The Morgan fingerprint density at radius 1 is 1.37 bits per heavy atom. The molecule has 0 amide bonds. The second-order valence-electron chi connectivity index (χ2n) is 5.30. The van der Waals surface area contributed by atoms with Crippen molar-refractivity contribution in [3.05, 3.63) is 11.9 Å². The van der Waals surface area contributed by atoms with Gasteiger partial charge in [-0.25, -0.2) is 15.8 Å². The Balaban J connectivity index is 1.79. The van der Waals surface area contributed by atoms with Crippen LogP contribution in [0.3, 0.4) is 0 Å². The molecule has 0 aromatic carbocycles. The van der Waals surface area contributed by atoms with Crippen LogP contribution in [-0.4, -0.2) is 28.2 Å². The van der Waals surface area contributed by atoms with E-state index in [1.807, 2.05) is 0 Å². The molecule has 2 aliphatic heterocycles. The first kappa shape index (κ1) is 12.6. The van der Waals surface area contributed by atoms with Gasteiger partial charge in [-0.2, -0.15) is 0 Å². The van der Waals surface area contributed by atoms with Crippen molar-refractivity contribution in [2.24, 2.45) is 5.84 Å². The number of fused-ring (bicyclic) bond motifs is 2. The second kappa shape index (κ2) is 5.30. The van der Waals surface area contributed by atoms with Gasteiger partial charge >= 0.3 is 0 Å². The minimum Gasteiger partial charge on any atom is -0.373 e. The van der Waals surface area contributed by atoms with E-state index in [4.69, 9.17) is 10.6 Å². The number of ether oxygens (including phenoxy) is 1. The van der Waals surface area contributed by atoms with Crippen molar-refractivity contribution < 1.29 is 4.74 Å². The highest BCUT2D eigenvalue weighted by Crippen LogP contribution is 2.36. The van der Waals surface area contributed by atoms with Gasteiger partial charge in [-0.3, -0.25) is 0 Å². The topological polar surface area (TPSA) is 85.1 Å². The first-order valence-corrected chi connectivity index (χ1v) is 7.04. The van der Waals surface area contributed by atoms with E-state index in [1.165, 1.54) is 6.42 Å². The molecule has 3 rings (SSSR count). The monoisotopic (exact) mass is 263 g/mol. The van der Waals surface area contributed by atoms with Crippen molar-refractivity contribution in [2.75, 3.05) is 10.7 Å². The largest absolute Gasteiger partial charge is 0.373 e. The maximum Gasteiger partial charge on any atom is 0.148 e. The predicted octanol–water partition coefficient (Wildman–Crippen LogP) is 1.45. The van der Waals surface area contributed by atoms with Crippen LogP contribution in [0.2, 0.25) is 0 Å². The van der Waals surface area contributed by atoms with Crippen LogP contribution in [0.4, 0.5) is 11.6 Å². The van der Waals surface area contributed by atoms with Gasteiger partial charge in [0.05, 0.1) is 18.2 Å². The Morgan fingerprint density at radius 3 is 2.84 bits per heavy atom. The fraction of sp³-hybridized carbons (Fsp3) is 0.692. The van der Waals surface area contributed by atoms with E-state index in [0.29, 0.717) is 24.1 Å². The van der Waals surface area contributed by atoms with Gasteiger partial charge in [0.1, 0.15) is 18.0 Å². The number of nitrogen functional groups attached to an aromatic ring is 1. The zero-order valence-corrected chi connectivity index (χ0v) is 11.2.